The zero-order valence-corrected chi connectivity index (χ0v) is 36.8. The predicted molar refractivity (Wildman–Crippen MR) is 238 cm³/mol. The van der Waals surface area contributed by atoms with Crippen molar-refractivity contribution in [1.82, 2.24) is 9.55 Å². The van der Waals surface area contributed by atoms with Crippen LogP contribution in [0.2, 0.25) is 0 Å². The minimum atomic E-state index is -1.17. The minimum Gasteiger partial charge on any atom is -0.497 e. The number of rotatable bonds is 24. The van der Waals surface area contributed by atoms with E-state index in [0.29, 0.717) is 44.6 Å². The Hall–Kier alpha value is -7.58. The Bertz CT molecular complexity index is 2740. The molecular formula is C46H44N2O16S2. The fourth-order valence-electron chi connectivity index (χ4n) is 6.30. The van der Waals surface area contributed by atoms with Crippen LogP contribution in [0.15, 0.2) is 107 Å². The SMILES string of the molecule is COc1cccc(C(COc2ccc(Cc3sc(=O)n(COc4cccc(C(COc5ccc(Cc6sc(=O)[nH]c6O)cc5)OC(=O)CCC(=O)O)c4)c3O)cc2)OC(=O)CCC(=O)O)c1. The van der Waals surface area contributed by atoms with Crippen LogP contribution in [0.4, 0.5) is 0 Å². The first-order chi connectivity index (χ1) is 31.7. The summed E-state index contributed by atoms with van der Waals surface area (Å²) in [6.07, 6.45) is -2.87. The van der Waals surface area contributed by atoms with Crippen molar-refractivity contribution in [1.29, 1.82) is 0 Å². The molecule has 346 valence electrons. The van der Waals surface area contributed by atoms with Gasteiger partial charge in [0, 0.05) is 12.8 Å². The number of ether oxygens (including phenoxy) is 6. The van der Waals surface area contributed by atoms with Crippen molar-refractivity contribution in [3.63, 3.8) is 0 Å². The number of aromatic amines is 1. The molecule has 6 rings (SSSR count). The topological polar surface area (TPSA) is 259 Å². The first-order valence-electron chi connectivity index (χ1n) is 20.2. The molecule has 18 nitrogen and oxygen atoms in total. The summed E-state index contributed by atoms with van der Waals surface area (Å²) in [4.78, 5) is 74.1. The van der Waals surface area contributed by atoms with Gasteiger partial charge in [0.15, 0.2) is 18.9 Å². The Balaban J connectivity index is 1.07. The number of benzene rings is 4. The van der Waals surface area contributed by atoms with E-state index in [0.717, 1.165) is 38.4 Å². The molecule has 0 saturated heterocycles. The molecule has 0 aliphatic heterocycles. The highest BCUT2D eigenvalue weighted by molar-refractivity contribution is 7.09. The number of aromatic nitrogens is 2. The summed E-state index contributed by atoms with van der Waals surface area (Å²) >= 11 is 1.75. The van der Waals surface area contributed by atoms with E-state index < -0.39 is 47.4 Å². The number of hydrogen-bond acceptors (Lipinski definition) is 16. The summed E-state index contributed by atoms with van der Waals surface area (Å²) < 4.78 is 35.4. The number of hydrogen-bond donors (Lipinski definition) is 5. The van der Waals surface area contributed by atoms with Crippen LogP contribution in [-0.4, -0.2) is 74.2 Å². The van der Waals surface area contributed by atoms with E-state index in [9.17, 15) is 39.0 Å². The quantitative estimate of drug-likeness (QED) is 0.0414. The van der Waals surface area contributed by atoms with Gasteiger partial charge in [-0.2, -0.15) is 0 Å². The zero-order valence-electron chi connectivity index (χ0n) is 35.2. The molecule has 0 radical (unpaired) electrons. The van der Waals surface area contributed by atoms with E-state index in [2.05, 4.69) is 4.98 Å². The Morgan fingerprint density at radius 3 is 1.61 bits per heavy atom. The number of aromatic hydroxyl groups is 2. The van der Waals surface area contributed by atoms with Crippen LogP contribution >= 0.6 is 22.7 Å². The van der Waals surface area contributed by atoms with E-state index in [-0.39, 0.29) is 68.0 Å². The molecule has 2 aromatic heterocycles. The number of carbonyl (C=O) groups excluding carboxylic acids is 2. The molecule has 0 bridgehead atoms. The van der Waals surface area contributed by atoms with Crippen molar-refractivity contribution in [2.45, 2.75) is 57.5 Å². The average molecular weight is 945 g/mol. The zero-order chi connectivity index (χ0) is 47.2. The highest BCUT2D eigenvalue weighted by Gasteiger charge is 2.22. The fraction of sp³-hybridized carbons (Fsp3) is 0.261. The molecule has 2 heterocycles. The molecule has 20 heteroatoms. The molecule has 0 fully saturated rings. The van der Waals surface area contributed by atoms with Crippen LogP contribution in [0.1, 0.15) is 69.9 Å². The lowest BCUT2D eigenvalue weighted by Crippen LogP contribution is -2.19. The maximum atomic E-state index is 13.0. The second kappa shape index (κ2) is 22.9. The standard InChI is InChI=1S/C46H44N2O16S2/c1-59-33-6-2-4-29(22-33)35(63-41(53)18-16-39(49)50)24-60-32-14-10-28(11-15-32)21-38-44(56)48(46(58)66-38)26-62-34-7-3-5-30(23-34)36(64-42(54)19-17-40(51)52)25-61-31-12-8-27(9-13-31)20-37-43(55)47-45(57)65-37/h2-15,22-23,35-36,55-56H,16-21,24-26H2,1H3,(H,47,57)(H,49,50)(H,51,52). The van der Waals surface area contributed by atoms with Gasteiger partial charge in [0.25, 0.3) is 0 Å². The molecule has 0 amide bonds. The Labute approximate surface area is 383 Å². The number of carboxylic acids is 2. The molecule has 0 aliphatic rings. The normalized spacial score (nSPS) is 11.8. The van der Waals surface area contributed by atoms with E-state index in [1.807, 2.05) is 0 Å². The number of H-pyrrole nitrogens is 1. The van der Waals surface area contributed by atoms with Crippen molar-refractivity contribution in [3.8, 4) is 34.8 Å². The number of aliphatic carboxylic acids is 2. The summed E-state index contributed by atoms with van der Waals surface area (Å²) in [7, 11) is 1.50. The third-order valence-corrected chi connectivity index (χ3v) is 11.5. The van der Waals surface area contributed by atoms with Crippen LogP contribution < -0.4 is 28.7 Å². The first-order valence-corrected chi connectivity index (χ1v) is 21.8. The lowest BCUT2D eigenvalue weighted by molar-refractivity contribution is -0.154. The van der Waals surface area contributed by atoms with Gasteiger partial charge < -0.3 is 48.8 Å². The largest absolute Gasteiger partial charge is 0.497 e. The molecule has 0 saturated carbocycles. The number of carbonyl (C=O) groups is 4. The lowest BCUT2D eigenvalue weighted by Gasteiger charge is -2.20. The van der Waals surface area contributed by atoms with Gasteiger partial charge in [-0.25, -0.2) is 4.57 Å². The van der Waals surface area contributed by atoms with E-state index in [1.165, 1.54) is 7.11 Å². The van der Waals surface area contributed by atoms with Gasteiger partial charge in [-0.3, -0.25) is 33.8 Å². The molecule has 0 spiro atoms. The predicted octanol–water partition coefficient (Wildman–Crippen LogP) is 6.35. The maximum absolute atomic E-state index is 13.0. The molecule has 66 heavy (non-hydrogen) atoms. The Kier molecular flexibility index (Phi) is 16.6. The van der Waals surface area contributed by atoms with E-state index in [1.54, 1.807) is 97.1 Å². The molecular weight excluding hydrogens is 901 g/mol. The Morgan fingerprint density at radius 1 is 0.621 bits per heavy atom. The van der Waals surface area contributed by atoms with Gasteiger partial charge >= 0.3 is 33.6 Å². The lowest BCUT2D eigenvalue weighted by atomic mass is 10.1. The fourth-order valence-corrected chi connectivity index (χ4v) is 7.96. The number of methoxy groups -OCH3 is 1. The summed E-state index contributed by atoms with van der Waals surface area (Å²) in [5.74, 6) is -2.59. The smallest absolute Gasteiger partial charge is 0.313 e. The van der Waals surface area contributed by atoms with Gasteiger partial charge in [-0.05, 0) is 70.8 Å². The summed E-state index contributed by atoms with van der Waals surface area (Å²) in [6.45, 7) is -0.619. The highest BCUT2D eigenvalue weighted by atomic mass is 32.1. The van der Waals surface area contributed by atoms with Crippen LogP contribution in [0.3, 0.4) is 0 Å². The van der Waals surface area contributed by atoms with Crippen LogP contribution in [-0.2, 0) is 48.2 Å². The van der Waals surface area contributed by atoms with E-state index in [4.69, 9.17) is 38.6 Å². The molecule has 2 atom stereocenters. The molecule has 6 aromatic rings. The van der Waals surface area contributed by atoms with Gasteiger partial charge in [0.2, 0.25) is 11.8 Å². The number of nitrogens with one attached hydrogen (secondary N) is 1. The Morgan fingerprint density at radius 2 is 1.12 bits per heavy atom. The molecule has 0 aliphatic carbocycles. The van der Waals surface area contributed by atoms with Gasteiger partial charge in [-0.1, -0.05) is 71.2 Å². The average Bonchev–Trinajstić information content (AvgIpc) is 3.77. The van der Waals surface area contributed by atoms with Gasteiger partial charge in [-0.15, -0.1) is 0 Å². The monoisotopic (exact) mass is 944 g/mol. The van der Waals surface area contributed by atoms with Crippen LogP contribution in [0, 0.1) is 0 Å². The summed E-state index contributed by atoms with van der Waals surface area (Å²) in [5.41, 5.74) is 2.56. The van der Waals surface area contributed by atoms with Crippen molar-refractivity contribution in [3.05, 3.63) is 148 Å². The first kappa shape index (κ1) is 47.9. The van der Waals surface area contributed by atoms with Gasteiger partial charge in [0.1, 0.15) is 36.2 Å². The van der Waals surface area contributed by atoms with Crippen molar-refractivity contribution < 1.29 is 68.0 Å². The maximum Gasteiger partial charge on any atom is 0.313 e. The molecule has 5 N–H and O–H groups in total. The number of esters is 2. The third-order valence-electron chi connectivity index (χ3n) is 9.70. The number of nitrogens with zero attached hydrogens (tertiary/aromatic N) is 1. The van der Waals surface area contributed by atoms with Crippen LogP contribution in [0.5, 0.6) is 34.8 Å². The summed E-state index contributed by atoms with van der Waals surface area (Å²) in [6, 6.07) is 27.0. The van der Waals surface area contributed by atoms with E-state index >= 15 is 0 Å². The third kappa shape index (κ3) is 14.0. The second-order valence-corrected chi connectivity index (χ2v) is 16.6. The van der Waals surface area contributed by atoms with Crippen molar-refractivity contribution in [2.75, 3.05) is 20.3 Å². The van der Waals surface area contributed by atoms with Gasteiger partial charge in [0.05, 0.1) is 42.5 Å². The number of carboxylic acid groups (broad SMARTS) is 2. The minimum absolute atomic E-state index is 0.0862. The summed E-state index contributed by atoms with van der Waals surface area (Å²) in [5, 5.41) is 39.1. The van der Waals surface area contributed by atoms with Crippen molar-refractivity contribution in [2.24, 2.45) is 0 Å². The second-order valence-electron chi connectivity index (χ2n) is 14.5. The molecule has 4 aromatic carbocycles. The van der Waals surface area contributed by atoms with Crippen molar-refractivity contribution >= 4 is 46.6 Å². The highest BCUT2D eigenvalue weighted by Crippen LogP contribution is 2.29. The molecule has 2 unspecified atom stereocenters. The number of thiazole rings is 2. The van der Waals surface area contributed by atoms with Crippen LogP contribution in [0.25, 0.3) is 0 Å².